The zero-order valence-corrected chi connectivity index (χ0v) is 9.11. The lowest BCUT2D eigenvalue weighted by molar-refractivity contribution is -0.274. The molecule has 0 amide bonds. The zero-order chi connectivity index (χ0) is 12.2. The van der Waals surface area contributed by atoms with Crippen molar-refractivity contribution in [1.29, 1.82) is 0 Å². The molecule has 1 aromatic rings. The number of aryl methyl sites for hydroxylation is 1. The fourth-order valence-electron chi connectivity index (χ4n) is 1.21. The van der Waals surface area contributed by atoms with Crippen LogP contribution in [0.3, 0.4) is 0 Å². The van der Waals surface area contributed by atoms with E-state index in [9.17, 15) is 13.2 Å². The summed E-state index contributed by atoms with van der Waals surface area (Å²) in [6, 6.07) is 4.32. The van der Waals surface area contributed by atoms with Crippen LogP contribution in [0.5, 0.6) is 5.75 Å². The summed E-state index contributed by atoms with van der Waals surface area (Å²) in [5.74, 6) is -0.372. The van der Waals surface area contributed by atoms with Gasteiger partial charge in [-0.2, -0.15) is 0 Å². The minimum Gasteiger partial charge on any atom is -0.404 e. The maximum Gasteiger partial charge on any atom is 0.573 e. The third-order valence-electron chi connectivity index (χ3n) is 1.89. The first kappa shape index (κ1) is 13.1. The Bertz CT molecular complexity index is 354. The lowest BCUT2D eigenvalue weighted by atomic mass is 10.1. The highest BCUT2D eigenvalue weighted by molar-refractivity contribution is 6.32. The van der Waals surface area contributed by atoms with Gasteiger partial charge < -0.3 is 10.5 Å². The highest BCUT2D eigenvalue weighted by Crippen LogP contribution is 2.31. The minimum absolute atomic E-state index is 0.0613. The molecule has 0 saturated carbocycles. The molecule has 0 heterocycles. The van der Waals surface area contributed by atoms with Gasteiger partial charge in [-0.05, 0) is 37.1 Å². The summed E-state index contributed by atoms with van der Waals surface area (Å²) in [7, 11) is 0. The Labute approximate surface area is 96.1 Å². The minimum atomic E-state index is -4.73. The summed E-state index contributed by atoms with van der Waals surface area (Å²) in [4.78, 5) is 0. The first-order valence-electron chi connectivity index (χ1n) is 4.66. The topological polar surface area (TPSA) is 35.2 Å². The molecule has 0 unspecified atom stereocenters. The molecule has 0 aliphatic rings. The summed E-state index contributed by atoms with van der Waals surface area (Å²) in [5.41, 5.74) is 6.03. The van der Waals surface area contributed by atoms with Gasteiger partial charge in [0.15, 0.2) is 0 Å². The van der Waals surface area contributed by atoms with Crippen molar-refractivity contribution in [3.05, 3.63) is 28.8 Å². The fraction of sp³-hybridized carbons (Fsp3) is 0.400. The van der Waals surface area contributed by atoms with Crippen LogP contribution in [0.25, 0.3) is 0 Å². The third kappa shape index (κ3) is 4.28. The molecule has 0 aliphatic heterocycles. The van der Waals surface area contributed by atoms with Crippen molar-refractivity contribution in [2.75, 3.05) is 6.54 Å². The van der Waals surface area contributed by atoms with Gasteiger partial charge in [0, 0.05) is 0 Å². The number of benzene rings is 1. The first-order chi connectivity index (χ1) is 7.42. The van der Waals surface area contributed by atoms with Gasteiger partial charge >= 0.3 is 6.36 Å². The number of alkyl halides is 3. The van der Waals surface area contributed by atoms with Crippen LogP contribution in [0.1, 0.15) is 12.0 Å². The van der Waals surface area contributed by atoms with Crippen molar-refractivity contribution in [3.8, 4) is 5.75 Å². The van der Waals surface area contributed by atoms with Crippen molar-refractivity contribution in [2.45, 2.75) is 19.2 Å². The monoisotopic (exact) mass is 253 g/mol. The highest BCUT2D eigenvalue weighted by atomic mass is 35.5. The van der Waals surface area contributed by atoms with E-state index in [1.54, 1.807) is 6.07 Å². The van der Waals surface area contributed by atoms with Gasteiger partial charge in [0.1, 0.15) is 5.75 Å². The highest BCUT2D eigenvalue weighted by Gasteiger charge is 2.32. The Morgan fingerprint density at radius 2 is 2.00 bits per heavy atom. The standard InChI is InChI=1S/C10H11ClF3NO/c11-8-4-3-7(2-1-5-15)6-9(8)16-10(12,13)14/h3-4,6H,1-2,5,15H2. The van der Waals surface area contributed by atoms with Crippen LogP contribution < -0.4 is 10.5 Å². The lowest BCUT2D eigenvalue weighted by Gasteiger charge is -2.11. The van der Waals surface area contributed by atoms with Crippen LogP contribution in [0.4, 0.5) is 13.2 Å². The maximum atomic E-state index is 12.0. The Balaban J connectivity index is 2.82. The predicted octanol–water partition coefficient (Wildman–Crippen LogP) is 3.13. The first-order valence-corrected chi connectivity index (χ1v) is 5.04. The number of hydrogen-bond acceptors (Lipinski definition) is 2. The fourth-order valence-corrected chi connectivity index (χ4v) is 1.37. The quantitative estimate of drug-likeness (QED) is 0.895. The number of ether oxygens (including phenoxy) is 1. The van der Waals surface area contributed by atoms with Crippen molar-refractivity contribution in [1.82, 2.24) is 0 Å². The molecule has 0 fully saturated rings. The predicted molar refractivity (Wildman–Crippen MR) is 55.5 cm³/mol. The van der Waals surface area contributed by atoms with E-state index in [1.165, 1.54) is 12.1 Å². The molecule has 0 saturated heterocycles. The number of halogens is 4. The van der Waals surface area contributed by atoms with Crippen LogP contribution in [-0.2, 0) is 6.42 Å². The summed E-state index contributed by atoms with van der Waals surface area (Å²) in [6.45, 7) is 0.484. The van der Waals surface area contributed by atoms with Gasteiger partial charge in [-0.25, -0.2) is 0 Å². The number of hydrogen-bond donors (Lipinski definition) is 1. The van der Waals surface area contributed by atoms with Gasteiger partial charge in [0.05, 0.1) is 5.02 Å². The van der Waals surface area contributed by atoms with E-state index in [-0.39, 0.29) is 10.8 Å². The molecule has 0 atom stereocenters. The molecule has 2 nitrogen and oxygen atoms in total. The molecule has 90 valence electrons. The van der Waals surface area contributed by atoms with Crippen molar-refractivity contribution >= 4 is 11.6 Å². The molecule has 0 bridgehead atoms. The molecule has 0 aromatic heterocycles. The van der Waals surface area contributed by atoms with E-state index in [4.69, 9.17) is 17.3 Å². The van der Waals surface area contributed by atoms with Gasteiger partial charge in [-0.15, -0.1) is 13.2 Å². The van der Waals surface area contributed by atoms with Gasteiger partial charge in [-0.3, -0.25) is 0 Å². The van der Waals surface area contributed by atoms with Crippen molar-refractivity contribution in [2.24, 2.45) is 5.73 Å². The van der Waals surface area contributed by atoms with E-state index in [1.807, 2.05) is 0 Å². The average Bonchev–Trinajstić information content (AvgIpc) is 2.17. The van der Waals surface area contributed by atoms with Crippen molar-refractivity contribution < 1.29 is 17.9 Å². The van der Waals surface area contributed by atoms with Crippen LogP contribution in [-0.4, -0.2) is 12.9 Å². The SMILES string of the molecule is NCCCc1ccc(Cl)c(OC(F)(F)F)c1. The number of nitrogens with two attached hydrogens (primary N) is 1. The zero-order valence-electron chi connectivity index (χ0n) is 8.35. The summed E-state index contributed by atoms with van der Waals surface area (Å²) in [5, 5.41) is -0.0613. The van der Waals surface area contributed by atoms with Crippen LogP contribution in [0.2, 0.25) is 5.02 Å². The van der Waals surface area contributed by atoms with E-state index in [2.05, 4.69) is 4.74 Å². The van der Waals surface area contributed by atoms with E-state index >= 15 is 0 Å². The van der Waals surface area contributed by atoms with E-state index in [0.29, 0.717) is 24.9 Å². The van der Waals surface area contributed by atoms with Gasteiger partial charge in [0.2, 0.25) is 0 Å². The Hall–Kier alpha value is -0.940. The third-order valence-corrected chi connectivity index (χ3v) is 2.20. The normalized spacial score (nSPS) is 11.6. The molecule has 16 heavy (non-hydrogen) atoms. The lowest BCUT2D eigenvalue weighted by Crippen LogP contribution is -2.17. The van der Waals surface area contributed by atoms with Crippen molar-refractivity contribution in [3.63, 3.8) is 0 Å². The molecule has 6 heteroatoms. The molecular formula is C10H11ClF3NO. The molecule has 0 spiro atoms. The second kappa shape index (κ2) is 5.41. The Morgan fingerprint density at radius 1 is 1.31 bits per heavy atom. The number of rotatable bonds is 4. The Morgan fingerprint density at radius 3 is 2.56 bits per heavy atom. The largest absolute Gasteiger partial charge is 0.573 e. The van der Waals surface area contributed by atoms with E-state index < -0.39 is 6.36 Å². The maximum absolute atomic E-state index is 12.0. The second-order valence-electron chi connectivity index (χ2n) is 3.20. The molecule has 0 radical (unpaired) electrons. The molecule has 1 aromatic carbocycles. The second-order valence-corrected chi connectivity index (χ2v) is 3.61. The summed E-state index contributed by atoms with van der Waals surface area (Å²) < 4.78 is 39.8. The molecule has 2 N–H and O–H groups in total. The van der Waals surface area contributed by atoms with Gasteiger partial charge in [0.25, 0.3) is 0 Å². The molecule has 1 rings (SSSR count). The van der Waals surface area contributed by atoms with Gasteiger partial charge in [-0.1, -0.05) is 17.7 Å². The van der Waals surface area contributed by atoms with Crippen LogP contribution >= 0.6 is 11.6 Å². The summed E-state index contributed by atoms with van der Waals surface area (Å²) in [6.07, 6.45) is -3.43. The summed E-state index contributed by atoms with van der Waals surface area (Å²) >= 11 is 5.59. The Kier molecular flexibility index (Phi) is 4.44. The van der Waals surface area contributed by atoms with E-state index in [0.717, 1.165) is 0 Å². The molecular weight excluding hydrogens is 243 g/mol. The molecule has 0 aliphatic carbocycles. The smallest absolute Gasteiger partial charge is 0.404 e. The van der Waals surface area contributed by atoms with Crippen LogP contribution in [0, 0.1) is 0 Å². The van der Waals surface area contributed by atoms with Crippen LogP contribution in [0.15, 0.2) is 18.2 Å². The average molecular weight is 254 g/mol.